The highest BCUT2D eigenvalue weighted by Gasteiger charge is 2.48. The van der Waals surface area contributed by atoms with Gasteiger partial charge in [0.15, 0.2) is 17.4 Å². The van der Waals surface area contributed by atoms with Crippen LogP contribution in [0.5, 0.6) is 0 Å². The van der Waals surface area contributed by atoms with E-state index in [1.807, 2.05) is 4.90 Å². The SMILES string of the molecule is CCCCCN1C(SCc2c(F)cccc2Cl)=NC2C1C(=O)NC(=O)N2C. The normalized spacial score (nSPS) is 22.0. The fourth-order valence-electron chi connectivity index (χ4n) is 3.19. The van der Waals surface area contributed by atoms with Gasteiger partial charge in [-0.3, -0.25) is 10.1 Å². The minimum absolute atomic E-state index is 0.299. The highest BCUT2D eigenvalue weighted by molar-refractivity contribution is 8.13. The number of nitrogens with zero attached hydrogens (tertiary/aromatic N) is 3. The van der Waals surface area contributed by atoms with Crippen LogP contribution in [0.3, 0.4) is 0 Å². The zero-order valence-corrected chi connectivity index (χ0v) is 16.8. The molecule has 2 atom stereocenters. The smallest absolute Gasteiger partial charge is 0.325 e. The Morgan fingerprint density at radius 2 is 2.11 bits per heavy atom. The van der Waals surface area contributed by atoms with E-state index in [0.717, 1.165) is 19.3 Å². The van der Waals surface area contributed by atoms with Crippen LogP contribution in [0.1, 0.15) is 31.7 Å². The van der Waals surface area contributed by atoms with Gasteiger partial charge in [0.25, 0.3) is 5.91 Å². The number of amides is 3. The summed E-state index contributed by atoms with van der Waals surface area (Å²) in [6, 6.07) is 3.58. The fraction of sp³-hybridized carbons (Fsp3) is 0.500. The maximum Gasteiger partial charge on any atom is 0.325 e. The average molecular weight is 413 g/mol. The third-order valence-corrected chi connectivity index (χ3v) is 6.12. The second-order valence-electron chi connectivity index (χ2n) is 6.56. The molecule has 6 nitrogen and oxygen atoms in total. The van der Waals surface area contributed by atoms with Gasteiger partial charge in [-0.25, -0.2) is 14.2 Å². The molecule has 1 N–H and O–H groups in total. The van der Waals surface area contributed by atoms with Crippen molar-refractivity contribution in [3.63, 3.8) is 0 Å². The fourth-order valence-corrected chi connectivity index (χ4v) is 4.62. The van der Waals surface area contributed by atoms with Crippen LogP contribution < -0.4 is 5.32 Å². The molecule has 1 aromatic rings. The quantitative estimate of drug-likeness (QED) is 0.727. The number of benzene rings is 1. The van der Waals surface area contributed by atoms with Crippen LogP contribution in [0, 0.1) is 5.82 Å². The van der Waals surface area contributed by atoms with Crippen molar-refractivity contribution in [3.8, 4) is 0 Å². The van der Waals surface area contributed by atoms with E-state index in [2.05, 4.69) is 17.2 Å². The molecule has 2 unspecified atom stereocenters. The van der Waals surface area contributed by atoms with Crippen LogP contribution in [0.15, 0.2) is 23.2 Å². The predicted molar refractivity (Wildman–Crippen MR) is 105 cm³/mol. The predicted octanol–water partition coefficient (Wildman–Crippen LogP) is 3.45. The molecule has 3 amide bonds. The minimum Gasteiger partial charge on any atom is -0.336 e. The van der Waals surface area contributed by atoms with Gasteiger partial charge >= 0.3 is 6.03 Å². The number of amidine groups is 1. The number of hydrogen-bond acceptors (Lipinski definition) is 5. The Balaban J connectivity index is 1.81. The summed E-state index contributed by atoms with van der Waals surface area (Å²) in [7, 11) is 1.62. The van der Waals surface area contributed by atoms with Crippen molar-refractivity contribution in [3.05, 3.63) is 34.6 Å². The number of fused-ring (bicyclic) bond motifs is 1. The van der Waals surface area contributed by atoms with Crippen LogP contribution in [0.25, 0.3) is 0 Å². The Kier molecular flexibility index (Phi) is 6.26. The number of imide groups is 1. The number of hydrogen-bond donors (Lipinski definition) is 1. The lowest BCUT2D eigenvalue weighted by Gasteiger charge is -2.36. The molecular formula is C18H22ClFN4O2S. The first-order valence-electron chi connectivity index (χ1n) is 8.91. The number of aliphatic imine (C=N–C) groups is 1. The lowest BCUT2D eigenvalue weighted by atomic mass is 10.1. The maximum absolute atomic E-state index is 14.1. The van der Waals surface area contributed by atoms with E-state index in [9.17, 15) is 14.0 Å². The molecule has 1 fully saturated rings. The molecule has 0 bridgehead atoms. The van der Waals surface area contributed by atoms with Gasteiger partial charge in [0.05, 0.1) is 0 Å². The standard InChI is InChI=1S/C18H22ClFN4O2S/c1-3-4-5-9-24-14-15(23(2)17(26)22-16(14)25)21-18(24)27-10-11-12(19)7-6-8-13(11)20/h6-8,14-15H,3-5,9-10H2,1-2H3,(H,22,25,26). The molecule has 9 heteroatoms. The van der Waals surface area contributed by atoms with E-state index in [1.165, 1.54) is 22.7 Å². The van der Waals surface area contributed by atoms with Gasteiger partial charge in [-0.2, -0.15) is 0 Å². The topological polar surface area (TPSA) is 65.0 Å². The van der Waals surface area contributed by atoms with Gasteiger partial charge in [-0.15, -0.1) is 0 Å². The number of urea groups is 1. The van der Waals surface area contributed by atoms with Crippen molar-refractivity contribution in [2.24, 2.45) is 4.99 Å². The van der Waals surface area contributed by atoms with Crippen LogP contribution in [-0.4, -0.2) is 52.7 Å². The summed E-state index contributed by atoms with van der Waals surface area (Å²) in [6.07, 6.45) is 2.43. The zero-order valence-electron chi connectivity index (χ0n) is 15.2. The molecule has 2 aliphatic heterocycles. The summed E-state index contributed by atoms with van der Waals surface area (Å²) in [5, 5.41) is 3.37. The zero-order chi connectivity index (χ0) is 19.6. The molecule has 0 aromatic heterocycles. The van der Waals surface area contributed by atoms with Crippen molar-refractivity contribution in [2.75, 3.05) is 13.6 Å². The van der Waals surface area contributed by atoms with E-state index in [-0.39, 0.29) is 11.7 Å². The number of rotatable bonds is 6. The second kappa shape index (κ2) is 8.48. The average Bonchev–Trinajstić information content (AvgIpc) is 2.99. The molecule has 0 saturated carbocycles. The first kappa shape index (κ1) is 19.9. The number of nitrogens with one attached hydrogen (secondary N) is 1. The van der Waals surface area contributed by atoms with Crippen LogP contribution >= 0.6 is 23.4 Å². The lowest BCUT2D eigenvalue weighted by Crippen LogP contribution is -2.63. The third-order valence-electron chi connectivity index (χ3n) is 4.73. The Hall–Kier alpha value is -1.80. The third kappa shape index (κ3) is 4.06. The van der Waals surface area contributed by atoms with E-state index in [1.54, 1.807) is 19.2 Å². The Morgan fingerprint density at radius 3 is 2.81 bits per heavy atom. The molecule has 3 rings (SSSR count). The lowest BCUT2D eigenvalue weighted by molar-refractivity contribution is -0.127. The van der Waals surface area contributed by atoms with Crippen molar-refractivity contribution < 1.29 is 14.0 Å². The van der Waals surface area contributed by atoms with Crippen LogP contribution in [0.4, 0.5) is 9.18 Å². The summed E-state index contributed by atoms with van der Waals surface area (Å²) in [4.78, 5) is 32.3. The molecule has 1 saturated heterocycles. The van der Waals surface area contributed by atoms with Crippen LogP contribution in [0.2, 0.25) is 5.02 Å². The summed E-state index contributed by atoms with van der Waals surface area (Å²) in [5.41, 5.74) is 0.407. The molecule has 2 aliphatic rings. The Morgan fingerprint density at radius 1 is 1.33 bits per heavy atom. The number of thioether (sulfide) groups is 1. The summed E-state index contributed by atoms with van der Waals surface area (Å²) in [6.45, 7) is 2.76. The Labute approximate surface area is 167 Å². The van der Waals surface area contributed by atoms with Gasteiger partial charge in [-0.1, -0.05) is 49.2 Å². The molecule has 0 radical (unpaired) electrons. The maximum atomic E-state index is 14.1. The van der Waals surface area contributed by atoms with E-state index in [4.69, 9.17) is 11.6 Å². The highest BCUT2D eigenvalue weighted by Crippen LogP contribution is 2.32. The summed E-state index contributed by atoms with van der Waals surface area (Å²) >= 11 is 7.45. The van der Waals surface area contributed by atoms with Crippen molar-refractivity contribution in [1.29, 1.82) is 0 Å². The molecule has 0 aliphatic carbocycles. The highest BCUT2D eigenvalue weighted by atomic mass is 35.5. The number of likely N-dealkylation sites (N-methyl/N-ethyl adjacent to an activating group) is 1. The summed E-state index contributed by atoms with van der Waals surface area (Å²) in [5.74, 6) is -0.413. The van der Waals surface area contributed by atoms with Crippen molar-refractivity contribution in [2.45, 2.75) is 44.1 Å². The van der Waals surface area contributed by atoms with E-state index < -0.39 is 18.2 Å². The molecule has 146 valence electrons. The second-order valence-corrected chi connectivity index (χ2v) is 7.91. The number of halogens is 2. The Bertz CT molecular complexity index is 755. The van der Waals surface area contributed by atoms with Gasteiger partial charge in [0, 0.05) is 29.9 Å². The number of carbonyl (C=O) groups is 2. The van der Waals surface area contributed by atoms with Gasteiger partial charge in [-0.05, 0) is 18.6 Å². The monoisotopic (exact) mass is 412 g/mol. The van der Waals surface area contributed by atoms with Crippen LogP contribution in [-0.2, 0) is 10.5 Å². The first-order chi connectivity index (χ1) is 12.9. The van der Waals surface area contributed by atoms with Gasteiger partial charge in [0.1, 0.15) is 5.82 Å². The molecule has 1 aromatic carbocycles. The number of carbonyl (C=O) groups excluding carboxylic acids is 2. The molecule has 0 spiro atoms. The van der Waals surface area contributed by atoms with E-state index >= 15 is 0 Å². The summed E-state index contributed by atoms with van der Waals surface area (Å²) < 4.78 is 14.1. The van der Waals surface area contributed by atoms with Gasteiger partial charge < -0.3 is 9.80 Å². The first-order valence-corrected chi connectivity index (χ1v) is 10.3. The molecule has 2 heterocycles. The minimum atomic E-state index is -0.563. The number of unbranched alkanes of at least 4 members (excludes halogenated alkanes) is 2. The molecular weight excluding hydrogens is 391 g/mol. The van der Waals surface area contributed by atoms with Crippen molar-refractivity contribution >= 4 is 40.5 Å². The largest absolute Gasteiger partial charge is 0.336 e. The van der Waals surface area contributed by atoms with E-state index in [0.29, 0.717) is 28.1 Å². The van der Waals surface area contributed by atoms with Crippen molar-refractivity contribution in [1.82, 2.24) is 15.1 Å². The molecule has 27 heavy (non-hydrogen) atoms. The van der Waals surface area contributed by atoms with Gasteiger partial charge in [0.2, 0.25) is 0 Å².